The first kappa shape index (κ1) is 25.6. The molecule has 0 unspecified atom stereocenters. The minimum Gasteiger partial charge on any atom is -0.478 e. The molecule has 0 atom stereocenters. The molecule has 0 saturated carbocycles. The highest BCUT2D eigenvalue weighted by Crippen LogP contribution is 2.32. The summed E-state index contributed by atoms with van der Waals surface area (Å²) >= 11 is 6.54. The lowest BCUT2D eigenvalue weighted by Crippen LogP contribution is -2.22. The van der Waals surface area contributed by atoms with Crippen LogP contribution in [0.25, 0.3) is 16.6 Å². The number of carbonyl (C=O) groups is 3. The molecular weight excluding hydrogens is 522 g/mol. The Morgan fingerprint density at radius 2 is 1.79 bits per heavy atom. The third-order valence-corrected chi connectivity index (χ3v) is 6.28. The van der Waals surface area contributed by atoms with Gasteiger partial charge in [-0.3, -0.25) is 9.59 Å². The summed E-state index contributed by atoms with van der Waals surface area (Å²) in [5.74, 6) is -0.736. The number of halogens is 1. The average molecular weight is 544 g/mol. The normalized spacial score (nSPS) is 10.9. The smallest absolute Gasteiger partial charge is 0.335 e. The van der Waals surface area contributed by atoms with Crippen molar-refractivity contribution in [2.45, 2.75) is 0 Å². The number of amides is 1. The molecular formula is C28H22ClN5O5. The van der Waals surface area contributed by atoms with E-state index in [9.17, 15) is 19.5 Å². The fourth-order valence-corrected chi connectivity index (χ4v) is 4.30. The Labute approximate surface area is 227 Å². The largest absolute Gasteiger partial charge is 0.478 e. The van der Waals surface area contributed by atoms with Gasteiger partial charge in [-0.1, -0.05) is 23.7 Å². The van der Waals surface area contributed by atoms with Crippen molar-refractivity contribution in [1.29, 1.82) is 0 Å². The molecule has 3 aromatic carbocycles. The molecule has 0 aliphatic heterocycles. The second-order valence-electron chi connectivity index (χ2n) is 8.90. The highest BCUT2D eigenvalue weighted by atomic mass is 35.5. The number of aromatic carboxylic acids is 1. The molecule has 0 fully saturated rings. The van der Waals surface area contributed by atoms with Gasteiger partial charge in [-0.05, 0) is 48.5 Å². The molecule has 0 saturated heterocycles. The van der Waals surface area contributed by atoms with Crippen molar-refractivity contribution in [3.63, 3.8) is 0 Å². The van der Waals surface area contributed by atoms with Crippen molar-refractivity contribution in [3.8, 4) is 17.2 Å². The summed E-state index contributed by atoms with van der Waals surface area (Å²) in [6.07, 6.45) is 0. The molecule has 0 radical (unpaired) electrons. The number of nitrogens with zero attached hydrogens (tertiary/aromatic N) is 3. The molecule has 0 bridgehead atoms. The first-order valence-electron chi connectivity index (χ1n) is 11.7. The Hall–Kier alpha value is -5.09. The fourth-order valence-electron chi connectivity index (χ4n) is 4.05. The Morgan fingerprint density at radius 1 is 1.03 bits per heavy atom. The zero-order valence-corrected chi connectivity index (χ0v) is 21.6. The number of aromatic amines is 1. The van der Waals surface area contributed by atoms with E-state index in [1.54, 1.807) is 68.7 Å². The number of hydrogen-bond donors (Lipinski definition) is 3. The lowest BCUT2D eigenvalue weighted by molar-refractivity contribution is 0.0696. The predicted octanol–water partition coefficient (Wildman–Crippen LogP) is 5.01. The molecule has 11 heteroatoms. The van der Waals surface area contributed by atoms with Gasteiger partial charge < -0.3 is 25.5 Å². The number of fused-ring (bicyclic) bond motifs is 1. The summed E-state index contributed by atoms with van der Waals surface area (Å²) in [6.45, 7) is 0. The first-order valence-corrected chi connectivity index (χ1v) is 12.0. The van der Waals surface area contributed by atoms with Gasteiger partial charge in [0.15, 0.2) is 0 Å². The van der Waals surface area contributed by atoms with Gasteiger partial charge in [-0.25, -0.2) is 9.48 Å². The van der Waals surface area contributed by atoms with Crippen molar-refractivity contribution < 1.29 is 24.2 Å². The number of aromatic nitrogens is 3. The molecule has 1 amide bonds. The third-order valence-electron chi connectivity index (χ3n) is 5.98. The molecule has 196 valence electrons. The zero-order valence-electron chi connectivity index (χ0n) is 20.8. The number of para-hydroxylation sites is 1. The molecule has 0 aliphatic carbocycles. The fraction of sp³-hybridized carbons (Fsp3) is 0.0714. The number of anilines is 1. The zero-order chi connectivity index (χ0) is 27.8. The highest BCUT2D eigenvalue weighted by Gasteiger charge is 2.20. The van der Waals surface area contributed by atoms with Crippen LogP contribution in [0.1, 0.15) is 36.9 Å². The number of carbonyl (C=O) groups excluding carboxylic acids is 2. The maximum Gasteiger partial charge on any atom is 0.335 e. The number of carboxylic acids is 1. The van der Waals surface area contributed by atoms with Crippen LogP contribution in [-0.2, 0) is 0 Å². The molecule has 2 aromatic heterocycles. The van der Waals surface area contributed by atoms with E-state index in [1.165, 1.54) is 27.8 Å². The van der Waals surface area contributed by atoms with Crippen LogP contribution in [0.5, 0.6) is 11.5 Å². The number of carboxylic acid groups (broad SMARTS) is 1. The van der Waals surface area contributed by atoms with Gasteiger partial charge in [0, 0.05) is 37.1 Å². The number of H-pyrrole nitrogens is 1. The van der Waals surface area contributed by atoms with Gasteiger partial charge in [0.1, 0.15) is 23.0 Å². The Bertz CT molecular complexity index is 1770. The van der Waals surface area contributed by atoms with Gasteiger partial charge in [0.05, 0.1) is 27.5 Å². The summed E-state index contributed by atoms with van der Waals surface area (Å²) in [7, 11) is 3.32. The van der Waals surface area contributed by atoms with Gasteiger partial charge in [0.2, 0.25) is 5.78 Å². The monoisotopic (exact) mass is 543 g/mol. The van der Waals surface area contributed by atoms with Gasteiger partial charge in [-0.2, -0.15) is 5.10 Å². The minimum atomic E-state index is -1.06. The second kappa shape index (κ2) is 9.99. The molecule has 2 heterocycles. The Kier molecular flexibility index (Phi) is 6.55. The van der Waals surface area contributed by atoms with Crippen LogP contribution >= 0.6 is 11.6 Å². The minimum absolute atomic E-state index is 0.0741. The van der Waals surface area contributed by atoms with Crippen molar-refractivity contribution in [1.82, 2.24) is 19.7 Å². The van der Waals surface area contributed by atoms with E-state index in [-0.39, 0.29) is 33.7 Å². The van der Waals surface area contributed by atoms with Crippen molar-refractivity contribution in [2.24, 2.45) is 0 Å². The number of rotatable bonds is 7. The number of nitrogens with one attached hydrogen (secondary N) is 1. The van der Waals surface area contributed by atoms with E-state index < -0.39 is 11.8 Å². The van der Waals surface area contributed by atoms with E-state index in [0.717, 1.165) is 0 Å². The molecule has 4 N–H and O–H groups in total. The van der Waals surface area contributed by atoms with Crippen LogP contribution in [0.4, 0.5) is 5.82 Å². The quantitative estimate of drug-likeness (QED) is 0.245. The maximum atomic E-state index is 13.1. The Balaban J connectivity index is 1.41. The summed E-state index contributed by atoms with van der Waals surface area (Å²) < 4.78 is 7.29. The number of nitrogens with two attached hydrogens (primary N) is 1. The first-order chi connectivity index (χ1) is 18.6. The summed E-state index contributed by atoms with van der Waals surface area (Å²) in [5.41, 5.74) is 8.03. The van der Waals surface area contributed by atoms with E-state index in [2.05, 4.69) is 10.1 Å². The van der Waals surface area contributed by atoms with E-state index in [0.29, 0.717) is 33.7 Å². The topological polar surface area (TPSA) is 144 Å². The van der Waals surface area contributed by atoms with Crippen molar-refractivity contribution in [2.75, 3.05) is 19.8 Å². The van der Waals surface area contributed by atoms with Crippen molar-refractivity contribution >= 4 is 46.0 Å². The summed E-state index contributed by atoms with van der Waals surface area (Å²) in [5, 5.41) is 14.4. The lowest BCUT2D eigenvalue weighted by atomic mass is 10.1. The molecule has 39 heavy (non-hydrogen) atoms. The number of ether oxygens (including phenoxy) is 1. The van der Waals surface area contributed by atoms with Crippen LogP contribution in [-0.4, -0.2) is 56.5 Å². The van der Waals surface area contributed by atoms with Crippen LogP contribution in [0.3, 0.4) is 0 Å². The van der Waals surface area contributed by atoms with Crippen LogP contribution in [0.15, 0.2) is 72.8 Å². The standard InChI is InChI=1S/C28H22ClN5O5/c1-33(2)27(36)18-5-3-4-6-24(18)39-17-8-10-23(19(29)13-17)34-25(30)14-22(32-34)26(35)21-12-16-11-15(28(37)38)7-9-20(16)31-21/h3-14,31H,30H2,1-2H3,(H,37,38). The Morgan fingerprint density at radius 3 is 2.51 bits per heavy atom. The van der Waals surface area contributed by atoms with Gasteiger partial charge >= 0.3 is 5.97 Å². The number of ketones is 1. The van der Waals surface area contributed by atoms with Gasteiger partial charge in [-0.15, -0.1) is 0 Å². The molecule has 5 aromatic rings. The second-order valence-corrected chi connectivity index (χ2v) is 9.30. The molecule has 0 spiro atoms. The van der Waals surface area contributed by atoms with Crippen LogP contribution in [0, 0.1) is 0 Å². The maximum absolute atomic E-state index is 13.1. The molecule has 10 nitrogen and oxygen atoms in total. The van der Waals surface area contributed by atoms with E-state index >= 15 is 0 Å². The molecule has 5 rings (SSSR count). The van der Waals surface area contributed by atoms with Crippen LogP contribution < -0.4 is 10.5 Å². The number of nitrogen functional groups attached to an aromatic ring is 1. The van der Waals surface area contributed by atoms with Crippen molar-refractivity contribution in [3.05, 3.63) is 100 Å². The predicted molar refractivity (Wildman–Crippen MR) is 146 cm³/mol. The third kappa shape index (κ3) is 4.92. The number of hydrogen-bond acceptors (Lipinski definition) is 6. The lowest BCUT2D eigenvalue weighted by Gasteiger charge is -2.15. The number of benzene rings is 3. The average Bonchev–Trinajstić information content (AvgIpc) is 3.51. The highest BCUT2D eigenvalue weighted by molar-refractivity contribution is 6.32. The molecule has 0 aliphatic rings. The summed E-state index contributed by atoms with van der Waals surface area (Å²) in [6, 6.07) is 19.3. The SMILES string of the molecule is CN(C)C(=O)c1ccccc1Oc1ccc(-n2nc(C(=O)c3cc4cc(C(=O)O)ccc4[nH]3)cc2N)c(Cl)c1. The van der Waals surface area contributed by atoms with Crippen LogP contribution in [0.2, 0.25) is 5.02 Å². The van der Waals surface area contributed by atoms with E-state index in [1.807, 2.05) is 0 Å². The van der Waals surface area contributed by atoms with E-state index in [4.69, 9.17) is 22.1 Å². The van der Waals surface area contributed by atoms with Gasteiger partial charge in [0.25, 0.3) is 5.91 Å². The summed E-state index contributed by atoms with van der Waals surface area (Å²) in [4.78, 5) is 41.3.